The lowest BCUT2D eigenvalue weighted by Crippen LogP contribution is -2.15. The monoisotopic (exact) mass is 378 g/mol. The molecule has 0 aliphatic carbocycles. The molecule has 6 nitrogen and oxygen atoms in total. The minimum atomic E-state index is -0.465. The highest BCUT2D eigenvalue weighted by molar-refractivity contribution is 5.91. The van der Waals surface area contributed by atoms with Crippen LogP contribution in [0.3, 0.4) is 0 Å². The number of anilines is 1. The molecule has 0 amide bonds. The van der Waals surface area contributed by atoms with Gasteiger partial charge in [0.25, 0.3) is 0 Å². The minimum Gasteiger partial charge on any atom is -0.394 e. The number of aromatic amines is 1. The highest BCUT2D eigenvalue weighted by Crippen LogP contribution is 2.29. The Balaban J connectivity index is 1.70. The summed E-state index contributed by atoms with van der Waals surface area (Å²) in [6.45, 7) is -0.443. The third-order valence-corrected chi connectivity index (χ3v) is 4.66. The van der Waals surface area contributed by atoms with Crippen molar-refractivity contribution >= 4 is 16.9 Å². The number of hydrogen-bond acceptors (Lipinski definition) is 5. The summed E-state index contributed by atoms with van der Waals surface area (Å²) in [5.74, 6) is 0.107. The summed E-state index contributed by atoms with van der Waals surface area (Å²) in [7, 11) is 0. The van der Waals surface area contributed by atoms with Crippen LogP contribution in [0, 0.1) is 5.82 Å². The molecule has 0 radical (unpaired) electrons. The van der Waals surface area contributed by atoms with Crippen molar-refractivity contribution in [3.05, 3.63) is 77.9 Å². The zero-order valence-electron chi connectivity index (χ0n) is 14.9. The highest BCUT2D eigenvalue weighted by atomic mass is 19.1. The van der Waals surface area contributed by atoms with Gasteiger partial charge in [0.05, 0.1) is 24.6 Å². The van der Waals surface area contributed by atoms with Crippen LogP contribution < -0.4 is 5.32 Å². The molecule has 0 aliphatic heterocycles. The van der Waals surface area contributed by atoms with Gasteiger partial charge in [0.2, 0.25) is 0 Å². The molecule has 2 heterocycles. The number of nitrogens with one attached hydrogen (secondary N) is 2. The first-order valence-electron chi connectivity index (χ1n) is 8.85. The van der Waals surface area contributed by atoms with E-state index >= 15 is 0 Å². The summed E-state index contributed by atoms with van der Waals surface area (Å²) in [6, 6.07) is 15.8. The second kappa shape index (κ2) is 7.75. The molecular formula is C21H19FN4O2. The number of aliphatic hydroxyl groups excluding tert-OH is 2. The van der Waals surface area contributed by atoms with Gasteiger partial charge in [-0.15, -0.1) is 0 Å². The molecule has 0 bridgehead atoms. The predicted molar refractivity (Wildman–Crippen MR) is 105 cm³/mol. The van der Waals surface area contributed by atoms with E-state index in [-0.39, 0.29) is 24.8 Å². The fourth-order valence-electron chi connectivity index (χ4n) is 3.14. The van der Waals surface area contributed by atoms with Crippen LogP contribution in [0.2, 0.25) is 0 Å². The van der Waals surface area contributed by atoms with Gasteiger partial charge in [-0.05, 0) is 17.7 Å². The summed E-state index contributed by atoms with van der Waals surface area (Å²) in [4.78, 5) is 11.7. The van der Waals surface area contributed by atoms with Crippen molar-refractivity contribution in [3.8, 4) is 11.3 Å². The van der Waals surface area contributed by atoms with E-state index in [1.165, 1.54) is 12.4 Å². The second-order valence-electron chi connectivity index (χ2n) is 6.42. The van der Waals surface area contributed by atoms with Crippen LogP contribution >= 0.6 is 0 Å². The smallest absolute Gasteiger partial charge is 0.143 e. The number of hydrogen-bond donors (Lipinski definition) is 4. The van der Waals surface area contributed by atoms with Crippen molar-refractivity contribution in [2.24, 2.45) is 0 Å². The van der Waals surface area contributed by atoms with Crippen LogP contribution in [0.4, 0.5) is 10.2 Å². The van der Waals surface area contributed by atoms with Crippen molar-refractivity contribution in [3.63, 3.8) is 0 Å². The maximum Gasteiger partial charge on any atom is 0.143 e. The molecule has 4 rings (SSSR count). The number of rotatable bonds is 6. The van der Waals surface area contributed by atoms with E-state index in [1.807, 2.05) is 36.4 Å². The number of nitrogens with zero attached hydrogens (tertiary/aromatic N) is 2. The van der Waals surface area contributed by atoms with E-state index in [2.05, 4.69) is 20.3 Å². The number of aliphatic hydroxyl groups is 2. The Labute approximate surface area is 160 Å². The maximum atomic E-state index is 14.0. The summed E-state index contributed by atoms with van der Waals surface area (Å²) < 4.78 is 14.0. The average molecular weight is 378 g/mol. The Morgan fingerprint density at radius 2 is 1.86 bits per heavy atom. The fraction of sp³-hybridized carbons (Fsp3) is 0.143. The van der Waals surface area contributed by atoms with E-state index in [4.69, 9.17) is 5.11 Å². The molecular weight excluding hydrogens is 359 g/mol. The lowest BCUT2D eigenvalue weighted by atomic mass is 10.1. The molecule has 0 aliphatic rings. The third-order valence-electron chi connectivity index (χ3n) is 4.66. The number of fused-ring (bicyclic) bond motifs is 1. The van der Waals surface area contributed by atoms with Crippen LogP contribution in [0.15, 0.2) is 60.9 Å². The standard InChI is InChI=1S/C21H19FN4O2/c22-17-8-14(6-7-15(17)10-27)18-9-16-20(25-18)23-12-24-21(16)26-19(11-28)13-4-2-1-3-5-13/h1-9,12,19,27-28H,10-11H2,(H2,23,24,25,26)/t19-/m1/s1. The van der Waals surface area contributed by atoms with Crippen molar-refractivity contribution in [1.29, 1.82) is 0 Å². The molecule has 2 aromatic carbocycles. The van der Waals surface area contributed by atoms with Crippen LogP contribution in [-0.2, 0) is 6.61 Å². The molecule has 0 unspecified atom stereocenters. The van der Waals surface area contributed by atoms with Crippen LogP contribution in [0.1, 0.15) is 17.2 Å². The number of benzene rings is 2. The van der Waals surface area contributed by atoms with E-state index in [9.17, 15) is 9.50 Å². The van der Waals surface area contributed by atoms with Crippen molar-refractivity contribution < 1.29 is 14.6 Å². The molecule has 1 atom stereocenters. The number of halogens is 1. The second-order valence-corrected chi connectivity index (χ2v) is 6.42. The molecule has 2 aromatic heterocycles. The summed E-state index contributed by atoms with van der Waals surface area (Å²) in [5, 5.41) is 22.9. The summed E-state index contributed by atoms with van der Waals surface area (Å²) >= 11 is 0. The molecule has 0 saturated heterocycles. The molecule has 4 aromatic rings. The molecule has 0 spiro atoms. The number of aromatic nitrogens is 3. The molecule has 28 heavy (non-hydrogen) atoms. The van der Waals surface area contributed by atoms with Crippen molar-refractivity contribution in [2.45, 2.75) is 12.6 Å². The average Bonchev–Trinajstić information content (AvgIpc) is 3.17. The molecule has 0 fully saturated rings. The Kier molecular flexibility index (Phi) is 5.01. The van der Waals surface area contributed by atoms with Gasteiger partial charge in [-0.25, -0.2) is 14.4 Å². The van der Waals surface area contributed by atoms with Gasteiger partial charge < -0.3 is 20.5 Å². The SMILES string of the molecule is OCc1ccc(-c2cc3c(N[C@H](CO)c4ccccc4)ncnc3[nH]2)cc1F. The molecule has 4 N–H and O–H groups in total. The predicted octanol–water partition coefficient (Wildman–Crippen LogP) is 3.40. The first kappa shape index (κ1) is 18.1. The van der Waals surface area contributed by atoms with E-state index in [0.717, 1.165) is 10.9 Å². The largest absolute Gasteiger partial charge is 0.394 e. The molecule has 0 saturated carbocycles. The van der Waals surface area contributed by atoms with Crippen molar-refractivity contribution in [1.82, 2.24) is 15.0 Å². The van der Waals surface area contributed by atoms with Gasteiger partial charge in [-0.3, -0.25) is 0 Å². The van der Waals surface area contributed by atoms with Crippen LogP contribution in [0.5, 0.6) is 0 Å². The molecule has 142 valence electrons. The minimum absolute atomic E-state index is 0.0966. The third kappa shape index (κ3) is 3.45. The highest BCUT2D eigenvalue weighted by Gasteiger charge is 2.15. The quantitative estimate of drug-likeness (QED) is 0.413. The first-order chi connectivity index (χ1) is 13.7. The van der Waals surface area contributed by atoms with Crippen molar-refractivity contribution in [2.75, 3.05) is 11.9 Å². The topological polar surface area (TPSA) is 94.1 Å². The normalized spacial score (nSPS) is 12.2. The lowest BCUT2D eigenvalue weighted by molar-refractivity contribution is 0.275. The number of H-pyrrole nitrogens is 1. The van der Waals surface area contributed by atoms with E-state index in [1.54, 1.807) is 12.1 Å². The van der Waals surface area contributed by atoms with Gasteiger partial charge in [-0.1, -0.05) is 42.5 Å². The fourth-order valence-corrected chi connectivity index (χ4v) is 3.14. The zero-order chi connectivity index (χ0) is 19.5. The van der Waals surface area contributed by atoms with Crippen LogP contribution in [0.25, 0.3) is 22.3 Å². The Morgan fingerprint density at radius 1 is 1.04 bits per heavy atom. The lowest BCUT2D eigenvalue weighted by Gasteiger charge is -2.17. The van der Waals surface area contributed by atoms with Gasteiger partial charge >= 0.3 is 0 Å². The van der Waals surface area contributed by atoms with E-state index < -0.39 is 5.82 Å². The van der Waals surface area contributed by atoms with Gasteiger partial charge in [0, 0.05) is 16.8 Å². The zero-order valence-corrected chi connectivity index (χ0v) is 14.9. The van der Waals surface area contributed by atoms with Crippen LogP contribution in [-0.4, -0.2) is 31.8 Å². The van der Waals surface area contributed by atoms with Gasteiger partial charge in [0.1, 0.15) is 23.6 Å². The van der Waals surface area contributed by atoms with Gasteiger partial charge in [0.15, 0.2) is 0 Å². The summed E-state index contributed by atoms with van der Waals surface area (Å²) in [6.07, 6.45) is 1.43. The Morgan fingerprint density at radius 3 is 2.57 bits per heavy atom. The Hall–Kier alpha value is -3.29. The first-order valence-corrected chi connectivity index (χ1v) is 8.85. The van der Waals surface area contributed by atoms with Gasteiger partial charge in [-0.2, -0.15) is 0 Å². The van der Waals surface area contributed by atoms with E-state index in [0.29, 0.717) is 22.7 Å². The maximum absolute atomic E-state index is 14.0. The molecule has 7 heteroatoms. The summed E-state index contributed by atoms with van der Waals surface area (Å²) in [5.41, 5.74) is 3.11. The Bertz CT molecular complexity index is 1100.